The normalized spacial score (nSPS) is 13.9. The molecule has 0 saturated heterocycles. The van der Waals surface area contributed by atoms with Crippen LogP contribution < -0.4 is 11.2 Å². The Kier molecular flexibility index (Phi) is 9.61. The van der Waals surface area contributed by atoms with Crippen molar-refractivity contribution >= 4 is 33.9 Å². The summed E-state index contributed by atoms with van der Waals surface area (Å²) in [5, 5.41) is 19.3. The van der Waals surface area contributed by atoms with Crippen molar-refractivity contribution in [3.63, 3.8) is 0 Å². The summed E-state index contributed by atoms with van der Waals surface area (Å²) >= 11 is 0. The minimum absolute atomic E-state index is 0.0512. The number of hydrogen-bond donors (Lipinski definition) is 1. The minimum Gasteiger partial charge on any atom is -0.392 e. The summed E-state index contributed by atoms with van der Waals surface area (Å²) in [6.07, 6.45) is 1.43. The molecule has 0 aliphatic heterocycles. The Bertz CT molecular complexity index is 2380. The second-order valence-electron chi connectivity index (χ2n) is 13.0. The molecule has 13 nitrogen and oxygen atoms in total. The highest BCUT2D eigenvalue weighted by Crippen LogP contribution is 2.27. The van der Waals surface area contributed by atoms with Gasteiger partial charge < -0.3 is 23.4 Å². The molecule has 4 heterocycles. The lowest BCUT2D eigenvalue weighted by atomic mass is 10.1. The molecule has 1 N–H and O–H groups in total. The topological polar surface area (TPSA) is 134 Å². The molecule has 0 fully saturated rings. The molecule has 0 spiro atoms. The van der Waals surface area contributed by atoms with Crippen LogP contribution in [0.15, 0.2) is 64.6 Å². The average Bonchev–Trinajstić information content (AvgIpc) is 3.84. The molecule has 6 aromatic rings. The van der Waals surface area contributed by atoms with Crippen molar-refractivity contribution in [2.45, 2.75) is 86.2 Å². The van der Waals surface area contributed by atoms with Gasteiger partial charge in [-0.25, -0.2) is 0 Å². The molecule has 2 aromatic carbocycles. The van der Waals surface area contributed by atoms with Crippen molar-refractivity contribution in [1.29, 1.82) is 0 Å². The van der Waals surface area contributed by atoms with Crippen LogP contribution >= 0.6 is 0 Å². The van der Waals surface area contributed by atoms with Crippen LogP contribution in [0.3, 0.4) is 0 Å². The van der Waals surface area contributed by atoms with Crippen LogP contribution in [-0.2, 0) is 33.8 Å². The van der Waals surface area contributed by atoms with Crippen LogP contribution in [0, 0.1) is 13.8 Å². The number of aryl methyl sites for hydroxylation is 6. The number of carbonyl (C=O) groups is 2. The van der Waals surface area contributed by atoms with E-state index in [1.165, 1.54) is 0 Å². The van der Waals surface area contributed by atoms with E-state index in [-0.39, 0.29) is 30.5 Å². The highest BCUT2D eigenvalue weighted by atomic mass is 16.3. The fourth-order valence-corrected chi connectivity index (χ4v) is 7.02. The second kappa shape index (κ2) is 13.9. The van der Waals surface area contributed by atoms with E-state index in [1.807, 2.05) is 87.3 Å². The van der Waals surface area contributed by atoms with Crippen molar-refractivity contribution in [3.05, 3.63) is 94.2 Å². The van der Waals surface area contributed by atoms with Crippen molar-refractivity contribution < 1.29 is 14.7 Å². The summed E-state index contributed by atoms with van der Waals surface area (Å²) in [6.45, 7) is 12.9. The molecule has 4 aromatic heterocycles. The Balaban J connectivity index is 1.41. The predicted molar refractivity (Wildman–Crippen MR) is 191 cm³/mol. The Morgan fingerprint density at radius 2 is 1.20 bits per heavy atom. The standard InChI is InChI=1S/C37H46N10O3/c1-9-44-31(20-23(3)40-44)34(49)38-36-42(7)28-15-11-12-16-29(28)46(36)25(5)18-19-26(6)47-33-27(22-48)14-13-17-30(33)43(8)37(47)39-35(50)32-21-24(4)41-45(32)10-2/h11-17,20-21,25-26,48H,9-10,18-19,22H2,1-8H3/b38-36+,39-37+. The zero-order valence-corrected chi connectivity index (χ0v) is 30.1. The zero-order valence-electron chi connectivity index (χ0n) is 30.1. The summed E-state index contributed by atoms with van der Waals surface area (Å²) in [4.78, 5) is 36.6. The van der Waals surface area contributed by atoms with E-state index in [0.29, 0.717) is 42.1 Å². The van der Waals surface area contributed by atoms with Crippen molar-refractivity contribution in [1.82, 2.24) is 37.8 Å². The maximum atomic E-state index is 13.7. The Hall–Kier alpha value is -5.30. The number of carbonyl (C=O) groups excluding carboxylic acids is 2. The zero-order chi connectivity index (χ0) is 35.9. The number of aliphatic hydroxyl groups is 1. The van der Waals surface area contributed by atoms with Crippen LogP contribution in [-0.4, -0.2) is 54.8 Å². The third-order valence-corrected chi connectivity index (χ3v) is 9.53. The van der Waals surface area contributed by atoms with Gasteiger partial charge >= 0.3 is 0 Å². The number of rotatable bonds is 10. The van der Waals surface area contributed by atoms with Gasteiger partial charge in [0.15, 0.2) is 0 Å². The maximum Gasteiger partial charge on any atom is 0.298 e. The van der Waals surface area contributed by atoms with Crippen molar-refractivity contribution in [2.75, 3.05) is 0 Å². The molecule has 0 aliphatic rings. The number of nitrogens with zero attached hydrogens (tertiary/aromatic N) is 10. The van der Waals surface area contributed by atoms with Gasteiger partial charge in [0, 0.05) is 44.8 Å². The van der Waals surface area contributed by atoms with E-state index in [9.17, 15) is 14.7 Å². The lowest BCUT2D eigenvalue weighted by Crippen LogP contribution is -2.30. The molecule has 2 amide bonds. The number of aliphatic hydroxyl groups excluding tert-OH is 1. The lowest BCUT2D eigenvalue weighted by Gasteiger charge is -2.20. The predicted octanol–water partition coefficient (Wildman–Crippen LogP) is 4.90. The van der Waals surface area contributed by atoms with Gasteiger partial charge in [0.25, 0.3) is 11.8 Å². The van der Waals surface area contributed by atoms with Crippen molar-refractivity contribution in [2.24, 2.45) is 24.1 Å². The highest BCUT2D eigenvalue weighted by molar-refractivity contribution is 5.94. The molecule has 262 valence electrons. The minimum atomic E-state index is -0.375. The molecular weight excluding hydrogens is 632 g/mol. The number of para-hydroxylation sites is 3. The monoisotopic (exact) mass is 678 g/mol. The summed E-state index contributed by atoms with van der Waals surface area (Å²) in [7, 11) is 3.83. The lowest BCUT2D eigenvalue weighted by molar-refractivity contribution is 0.0977. The van der Waals surface area contributed by atoms with Crippen LogP contribution in [0.5, 0.6) is 0 Å². The summed E-state index contributed by atoms with van der Waals surface area (Å²) in [5.74, 6) is -0.717. The van der Waals surface area contributed by atoms with E-state index >= 15 is 0 Å². The first-order valence-corrected chi connectivity index (χ1v) is 17.2. The quantitative estimate of drug-likeness (QED) is 0.220. The first-order valence-electron chi connectivity index (χ1n) is 17.2. The van der Waals surface area contributed by atoms with Crippen LogP contribution in [0.25, 0.3) is 22.1 Å². The highest BCUT2D eigenvalue weighted by Gasteiger charge is 2.23. The molecule has 0 saturated carbocycles. The molecule has 0 bridgehead atoms. The van der Waals surface area contributed by atoms with E-state index < -0.39 is 0 Å². The van der Waals surface area contributed by atoms with E-state index in [0.717, 1.165) is 45.4 Å². The molecule has 0 radical (unpaired) electrons. The Labute approximate surface area is 290 Å². The molecule has 0 aliphatic carbocycles. The molecular formula is C37H46N10O3. The SMILES string of the molecule is CCn1nc(C)cc1C(=O)/N=c1\n(C)c2ccccc2n1C(C)CCC(C)n1/c(=N/C(=O)c2cc(C)nn2CC)n(C)c2cccc(CO)c21. The third-order valence-electron chi connectivity index (χ3n) is 9.53. The molecule has 50 heavy (non-hydrogen) atoms. The largest absolute Gasteiger partial charge is 0.392 e. The first kappa shape index (κ1) is 34.6. The number of fused-ring (bicyclic) bond motifs is 2. The Morgan fingerprint density at radius 1 is 0.720 bits per heavy atom. The van der Waals surface area contributed by atoms with E-state index in [1.54, 1.807) is 21.5 Å². The summed E-state index contributed by atoms with van der Waals surface area (Å²) in [6, 6.07) is 17.2. The Morgan fingerprint density at radius 3 is 1.74 bits per heavy atom. The number of amides is 2. The molecule has 13 heteroatoms. The van der Waals surface area contributed by atoms with E-state index in [4.69, 9.17) is 0 Å². The van der Waals surface area contributed by atoms with Gasteiger partial charge in [0.05, 0.1) is 40.1 Å². The van der Waals surface area contributed by atoms with Gasteiger partial charge in [-0.05, 0) is 84.7 Å². The smallest absolute Gasteiger partial charge is 0.298 e. The van der Waals surface area contributed by atoms with Crippen molar-refractivity contribution in [3.8, 4) is 0 Å². The van der Waals surface area contributed by atoms with Crippen LogP contribution in [0.2, 0.25) is 0 Å². The fraction of sp³-hybridized carbons (Fsp3) is 0.405. The van der Waals surface area contributed by atoms with Crippen LogP contribution in [0.1, 0.15) is 90.5 Å². The van der Waals surface area contributed by atoms with Gasteiger partial charge in [-0.15, -0.1) is 0 Å². The van der Waals surface area contributed by atoms with Gasteiger partial charge in [-0.2, -0.15) is 20.2 Å². The second-order valence-corrected chi connectivity index (χ2v) is 13.0. The number of imidazole rings is 2. The van der Waals surface area contributed by atoms with Gasteiger partial charge in [-0.1, -0.05) is 24.3 Å². The maximum absolute atomic E-state index is 13.7. The molecule has 2 unspecified atom stereocenters. The average molecular weight is 679 g/mol. The van der Waals surface area contributed by atoms with Gasteiger partial charge in [0.1, 0.15) is 11.4 Å². The van der Waals surface area contributed by atoms with Gasteiger partial charge in [-0.3, -0.25) is 19.0 Å². The fourth-order valence-electron chi connectivity index (χ4n) is 7.02. The summed E-state index contributed by atoms with van der Waals surface area (Å²) in [5.41, 5.74) is 7.88. The number of hydrogen-bond acceptors (Lipinski definition) is 5. The van der Waals surface area contributed by atoms with Crippen LogP contribution in [0.4, 0.5) is 0 Å². The third kappa shape index (κ3) is 6.06. The number of benzene rings is 2. The number of aromatic nitrogens is 8. The first-order chi connectivity index (χ1) is 24.0. The van der Waals surface area contributed by atoms with E-state index in [2.05, 4.69) is 49.2 Å². The van der Waals surface area contributed by atoms with Gasteiger partial charge in [0.2, 0.25) is 11.2 Å². The summed E-state index contributed by atoms with van der Waals surface area (Å²) < 4.78 is 11.4. The molecule has 2 atom stereocenters. The molecule has 6 rings (SSSR count).